The van der Waals surface area contributed by atoms with Crippen molar-refractivity contribution in [2.24, 2.45) is 0 Å². The molecule has 266 valence electrons. The third-order valence-electron chi connectivity index (χ3n) is 11.7. The van der Waals surface area contributed by atoms with Gasteiger partial charge in [-0.25, -0.2) is 0 Å². The highest BCUT2D eigenvalue weighted by Crippen LogP contribution is 2.54. The number of rotatable bonds is 7. The lowest BCUT2D eigenvalue weighted by Crippen LogP contribution is -2.16. The smallest absolute Gasteiger partial charge is 0.0543 e. The van der Waals surface area contributed by atoms with Gasteiger partial charge in [-0.15, -0.1) is 0 Å². The van der Waals surface area contributed by atoms with Crippen LogP contribution in [0.2, 0.25) is 0 Å². The third kappa shape index (κ3) is 5.90. The molecular weight excluding hydrogens is 675 g/mol. The Bertz CT molecular complexity index is 2860. The van der Waals surface area contributed by atoms with Gasteiger partial charge in [0.25, 0.3) is 0 Å². The van der Waals surface area contributed by atoms with Crippen molar-refractivity contribution < 1.29 is 0 Å². The summed E-state index contributed by atoms with van der Waals surface area (Å²) in [5.74, 6) is 0. The Balaban J connectivity index is 1.07. The molecule has 0 saturated carbocycles. The Morgan fingerprint density at radius 1 is 0.321 bits per heavy atom. The van der Waals surface area contributed by atoms with E-state index in [1.54, 1.807) is 0 Å². The quantitative estimate of drug-likeness (QED) is 0.159. The van der Waals surface area contributed by atoms with Crippen molar-refractivity contribution >= 4 is 27.8 Å². The molecule has 0 aliphatic heterocycles. The van der Waals surface area contributed by atoms with Gasteiger partial charge in [-0.05, 0) is 114 Å². The van der Waals surface area contributed by atoms with Crippen LogP contribution in [0.3, 0.4) is 0 Å². The van der Waals surface area contributed by atoms with Crippen molar-refractivity contribution in [3.8, 4) is 55.6 Å². The monoisotopic (exact) mass is 715 g/mol. The number of fused-ring (bicyclic) bond motifs is 4. The average molecular weight is 716 g/mol. The molecule has 1 heteroatoms. The van der Waals surface area contributed by atoms with Crippen molar-refractivity contribution in [1.82, 2.24) is 0 Å². The van der Waals surface area contributed by atoms with Crippen molar-refractivity contribution in [2.45, 2.75) is 19.3 Å². The van der Waals surface area contributed by atoms with Crippen LogP contribution in [0.15, 0.2) is 212 Å². The Morgan fingerprint density at radius 3 is 1.55 bits per heavy atom. The summed E-state index contributed by atoms with van der Waals surface area (Å²) in [5, 5.41) is 2.52. The molecule has 1 nitrogen and oxygen atoms in total. The van der Waals surface area contributed by atoms with E-state index in [4.69, 9.17) is 0 Å². The van der Waals surface area contributed by atoms with Crippen LogP contribution in [-0.4, -0.2) is 0 Å². The number of nitrogens with zero attached hydrogens (tertiary/aromatic N) is 1. The van der Waals surface area contributed by atoms with Crippen molar-refractivity contribution in [1.29, 1.82) is 0 Å². The van der Waals surface area contributed by atoms with Gasteiger partial charge >= 0.3 is 0 Å². The second-order valence-electron chi connectivity index (χ2n) is 15.4. The molecule has 0 N–H and O–H groups in total. The van der Waals surface area contributed by atoms with Gasteiger partial charge in [0.15, 0.2) is 0 Å². The molecule has 0 radical (unpaired) electrons. The Morgan fingerprint density at radius 2 is 0.821 bits per heavy atom. The number of hydrogen-bond donors (Lipinski definition) is 0. The van der Waals surface area contributed by atoms with Crippen molar-refractivity contribution in [2.75, 3.05) is 4.90 Å². The van der Waals surface area contributed by atoms with Crippen LogP contribution in [0.4, 0.5) is 17.1 Å². The van der Waals surface area contributed by atoms with Gasteiger partial charge in [-0.3, -0.25) is 0 Å². The van der Waals surface area contributed by atoms with Crippen LogP contribution < -0.4 is 4.90 Å². The van der Waals surface area contributed by atoms with Gasteiger partial charge in [0.1, 0.15) is 0 Å². The van der Waals surface area contributed by atoms with E-state index in [0.29, 0.717) is 0 Å². The normalized spacial score (nSPS) is 12.6. The fraction of sp³-hybridized carbons (Fsp3) is 0.0545. The van der Waals surface area contributed by atoms with Gasteiger partial charge in [-0.2, -0.15) is 0 Å². The highest BCUT2D eigenvalue weighted by molar-refractivity contribution is 5.96. The first-order valence-electron chi connectivity index (χ1n) is 19.5. The summed E-state index contributed by atoms with van der Waals surface area (Å²) in [4.78, 5) is 2.45. The molecule has 56 heavy (non-hydrogen) atoms. The Hall–Kier alpha value is -6.96. The molecule has 0 spiro atoms. The summed E-state index contributed by atoms with van der Waals surface area (Å²) in [6, 6.07) is 77.6. The number of hydrogen-bond acceptors (Lipinski definition) is 1. The van der Waals surface area contributed by atoms with Crippen molar-refractivity contribution in [3.63, 3.8) is 0 Å². The second-order valence-corrected chi connectivity index (χ2v) is 15.4. The van der Waals surface area contributed by atoms with E-state index in [-0.39, 0.29) is 5.41 Å². The minimum atomic E-state index is -0.101. The lowest BCUT2D eigenvalue weighted by Gasteiger charge is -2.29. The Labute approximate surface area is 329 Å². The van der Waals surface area contributed by atoms with Crippen LogP contribution in [0.25, 0.3) is 66.4 Å². The molecule has 0 heterocycles. The molecule has 9 aromatic carbocycles. The lowest BCUT2D eigenvalue weighted by atomic mass is 9.82. The molecule has 9 aromatic rings. The first-order chi connectivity index (χ1) is 27.5. The fourth-order valence-corrected chi connectivity index (χ4v) is 8.71. The van der Waals surface area contributed by atoms with E-state index in [2.05, 4.69) is 231 Å². The van der Waals surface area contributed by atoms with Gasteiger partial charge < -0.3 is 4.90 Å². The minimum absolute atomic E-state index is 0.101. The zero-order chi connectivity index (χ0) is 37.6. The molecular formula is C55H41N. The molecule has 0 unspecified atom stereocenters. The predicted molar refractivity (Wildman–Crippen MR) is 238 cm³/mol. The minimum Gasteiger partial charge on any atom is -0.310 e. The first kappa shape index (κ1) is 33.6. The SMILES string of the molecule is CC1(C)c2ccccc2-c2c(N(c3ccc(-c4cccc(-c5ccccc5)c4)cc3)c3cccc(-c4ccc(-c5ccc6ccccc6c5)cc4)c3)cccc21. The molecule has 0 aromatic heterocycles. The van der Waals surface area contributed by atoms with E-state index in [0.717, 1.165) is 11.4 Å². The number of benzene rings is 9. The zero-order valence-electron chi connectivity index (χ0n) is 31.7. The fourth-order valence-electron chi connectivity index (χ4n) is 8.71. The van der Waals surface area contributed by atoms with Crippen LogP contribution in [0.1, 0.15) is 25.0 Å². The van der Waals surface area contributed by atoms with Crippen LogP contribution >= 0.6 is 0 Å². The molecule has 0 amide bonds. The van der Waals surface area contributed by atoms with Crippen LogP contribution in [0.5, 0.6) is 0 Å². The maximum Gasteiger partial charge on any atom is 0.0543 e. The maximum absolute atomic E-state index is 2.45. The summed E-state index contributed by atoms with van der Waals surface area (Å²) in [7, 11) is 0. The highest BCUT2D eigenvalue weighted by Gasteiger charge is 2.37. The summed E-state index contributed by atoms with van der Waals surface area (Å²) < 4.78 is 0. The number of anilines is 3. The summed E-state index contributed by atoms with van der Waals surface area (Å²) in [5.41, 5.74) is 18.3. The molecule has 10 rings (SSSR count). The van der Waals surface area contributed by atoms with Crippen molar-refractivity contribution in [3.05, 3.63) is 223 Å². The standard InChI is InChI=1S/C55H41N/c1-55(2)51-22-9-8-21-50(51)54-52(55)23-12-24-53(54)56(48-33-31-42(32-34-48)45-18-10-17-44(35-45)38-13-4-3-5-14-38)49-20-11-19-46(37-49)40-25-27-41(28-26-40)47-30-29-39-15-6-7-16-43(39)36-47/h3-37H,1-2H3. The summed E-state index contributed by atoms with van der Waals surface area (Å²) >= 11 is 0. The van der Waals surface area contributed by atoms with E-state index < -0.39 is 0 Å². The summed E-state index contributed by atoms with van der Waals surface area (Å²) in [6.45, 7) is 4.71. The van der Waals surface area contributed by atoms with Gasteiger partial charge in [0.05, 0.1) is 5.69 Å². The Kier molecular flexibility index (Phi) is 8.23. The topological polar surface area (TPSA) is 3.24 Å². The zero-order valence-corrected chi connectivity index (χ0v) is 31.7. The van der Waals surface area contributed by atoms with E-state index in [1.807, 2.05) is 0 Å². The molecule has 0 fully saturated rings. The van der Waals surface area contributed by atoms with Crippen LogP contribution in [-0.2, 0) is 5.41 Å². The highest BCUT2D eigenvalue weighted by atomic mass is 15.1. The first-order valence-corrected chi connectivity index (χ1v) is 19.5. The summed E-state index contributed by atoms with van der Waals surface area (Å²) in [6.07, 6.45) is 0. The molecule has 0 saturated heterocycles. The van der Waals surface area contributed by atoms with Gasteiger partial charge in [-0.1, -0.05) is 184 Å². The molecule has 1 aliphatic rings. The largest absolute Gasteiger partial charge is 0.310 e. The maximum atomic E-state index is 2.45. The molecule has 0 atom stereocenters. The van der Waals surface area contributed by atoms with Gasteiger partial charge in [0, 0.05) is 22.4 Å². The van der Waals surface area contributed by atoms with E-state index >= 15 is 0 Å². The van der Waals surface area contributed by atoms with Gasteiger partial charge in [0.2, 0.25) is 0 Å². The predicted octanol–water partition coefficient (Wildman–Crippen LogP) is 15.3. The molecule has 1 aliphatic carbocycles. The third-order valence-corrected chi connectivity index (χ3v) is 11.7. The van der Waals surface area contributed by atoms with E-state index in [9.17, 15) is 0 Å². The molecule has 0 bridgehead atoms. The van der Waals surface area contributed by atoms with E-state index in [1.165, 1.54) is 83.2 Å². The average Bonchev–Trinajstić information content (AvgIpc) is 3.50. The lowest BCUT2D eigenvalue weighted by molar-refractivity contribution is 0.660. The van der Waals surface area contributed by atoms with Crippen LogP contribution in [0, 0.1) is 0 Å². The second kappa shape index (κ2) is 13.7.